The minimum absolute atomic E-state index is 0.0910. The van der Waals surface area contributed by atoms with Crippen LogP contribution in [0.4, 0.5) is 0 Å². The lowest BCUT2D eigenvalue weighted by molar-refractivity contribution is 0.0759. The molecule has 1 amide bonds. The van der Waals surface area contributed by atoms with Crippen LogP contribution >= 0.6 is 0 Å². The van der Waals surface area contributed by atoms with Gasteiger partial charge in [-0.05, 0) is 6.07 Å². The van der Waals surface area contributed by atoms with Gasteiger partial charge in [-0.2, -0.15) is 0 Å². The highest BCUT2D eigenvalue weighted by Gasteiger charge is 2.38. The summed E-state index contributed by atoms with van der Waals surface area (Å²) in [6.45, 7) is 0.266. The summed E-state index contributed by atoms with van der Waals surface area (Å²) in [4.78, 5) is 22.2. The number of amides is 1. The maximum atomic E-state index is 12.6. The molecule has 0 aromatic carbocycles. The van der Waals surface area contributed by atoms with Crippen molar-refractivity contribution in [2.75, 3.05) is 32.9 Å². The quantitative estimate of drug-likeness (QED) is 0.759. The van der Waals surface area contributed by atoms with Crippen molar-refractivity contribution in [3.8, 4) is 0 Å². The molecule has 0 bridgehead atoms. The van der Waals surface area contributed by atoms with E-state index in [1.807, 2.05) is 0 Å². The van der Waals surface area contributed by atoms with Gasteiger partial charge in [0, 0.05) is 51.7 Å². The number of β-amino-alcohol motifs (C(OH)–C–C–N with tert-alkyl or cyclic N) is 1. The van der Waals surface area contributed by atoms with Gasteiger partial charge in [0.25, 0.3) is 5.91 Å². The predicted octanol–water partition coefficient (Wildman–Crippen LogP) is -0.946. The molecule has 1 fully saturated rings. The van der Waals surface area contributed by atoms with Crippen LogP contribution in [0.1, 0.15) is 10.5 Å². The molecule has 0 saturated carbocycles. The summed E-state index contributed by atoms with van der Waals surface area (Å²) in [5.41, 5.74) is 0.219. The van der Waals surface area contributed by atoms with Crippen molar-refractivity contribution in [1.82, 2.24) is 23.6 Å². The lowest BCUT2D eigenvalue weighted by Gasteiger charge is -2.17. The standard InChI is InChI=1S/C14H19N5O4S/c1-17(2)24(22,23)9-10-6-19(8-12(10)20)13(21)11-7-18-5-3-4-15-14(18)16-11/h3-5,7,10,12,20H,6,8-9H2,1-2H3/t10-,12+/m0/s1. The van der Waals surface area contributed by atoms with Crippen molar-refractivity contribution in [2.45, 2.75) is 6.10 Å². The van der Waals surface area contributed by atoms with E-state index in [1.54, 1.807) is 29.1 Å². The van der Waals surface area contributed by atoms with Crippen LogP contribution in [-0.2, 0) is 10.0 Å². The topological polar surface area (TPSA) is 108 Å². The second kappa shape index (κ2) is 6.11. The summed E-state index contributed by atoms with van der Waals surface area (Å²) in [5.74, 6) is -0.648. The van der Waals surface area contributed by atoms with Gasteiger partial charge in [0.2, 0.25) is 15.8 Å². The van der Waals surface area contributed by atoms with Crippen LogP contribution in [-0.4, -0.2) is 82.0 Å². The molecule has 1 N–H and O–H groups in total. The lowest BCUT2D eigenvalue weighted by atomic mass is 10.1. The number of hydrogen-bond donors (Lipinski definition) is 1. The summed E-state index contributed by atoms with van der Waals surface area (Å²) in [6, 6.07) is 1.73. The normalized spacial score (nSPS) is 21.8. The maximum Gasteiger partial charge on any atom is 0.274 e. The van der Waals surface area contributed by atoms with Crippen molar-refractivity contribution in [2.24, 2.45) is 5.92 Å². The molecule has 1 aliphatic heterocycles. The van der Waals surface area contributed by atoms with E-state index >= 15 is 0 Å². The summed E-state index contributed by atoms with van der Waals surface area (Å²) < 4.78 is 26.7. The largest absolute Gasteiger partial charge is 0.391 e. The molecule has 0 aliphatic carbocycles. The molecule has 130 valence electrons. The fraction of sp³-hybridized carbons (Fsp3) is 0.500. The van der Waals surface area contributed by atoms with Gasteiger partial charge < -0.3 is 10.0 Å². The minimum Gasteiger partial charge on any atom is -0.391 e. The van der Waals surface area contributed by atoms with Gasteiger partial charge in [-0.15, -0.1) is 0 Å². The van der Waals surface area contributed by atoms with Crippen LogP contribution in [0.25, 0.3) is 5.78 Å². The van der Waals surface area contributed by atoms with Gasteiger partial charge in [0.1, 0.15) is 5.69 Å². The second-order valence-electron chi connectivity index (χ2n) is 6.05. The first-order valence-corrected chi connectivity index (χ1v) is 9.06. The number of rotatable bonds is 4. The summed E-state index contributed by atoms with van der Waals surface area (Å²) in [7, 11) is -0.548. The molecule has 1 aliphatic rings. The van der Waals surface area contributed by atoms with Gasteiger partial charge in [0.15, 0.2) is 0 Å². The van der Waals surface area contributed by atoms with E-state index in [2.05, 4.69) is 9.97 Å². The summed E-state index contributed by atoms with van der Waals surface area (Å²) in [5, 5.41) is 10.1. The highest BCUT2D eigenvalue weighted by Crippen LogP contribution is 2.21. The first kappa shape index (κ1) is 16.8. The Kier molecular flexibility index (Phi) is 4.28. The minimum atomic E-state index is -3.44. The van der Waals surface area contributed by atoms with Gasteiger partial charge in [0.05, 0.1) is 11.9 Å². The Morgan fingerprint density at radius 3 is 2.83 bits per heavy atom. The number of hydrogen-bond acceptors (Lipinski definition) is 6. The van der Waals surface area contributed by atoms with E-state index in [-0.39, 0.29) is 30.4 Å². The number of likely N-dealkylation sites (tertiary alicyclic amines) is 1. The Balaban J connectivity index is 1.75. The van der Waals surface area contributed by atoms with Crippen LogP contribution in [0.15, 0.2) is 24.7 Å². The second-order valence-corrected chi connectivity index (χ2v) is 8.28. The van der Waals surface area contributed by atoms with E-state index < -0.39 is 22.0 Å². The molecule has 2 atom stereocenters. The molecule has 0 radical (unpaired) electrons. The predicted molar refractivity (Wildman–Crippen MR) is 85.9 cm³/mol. The first-order chi connectivity index (χ1) is 11.3. The highest BCUT2D eigenvalue weighted by atomic mass is 32.2. The van der Waals surface area contributed by atoms with Gasteiger partial charge in [-0.3, -0.25) is 9.20 Å². The Hall–Kier alpha value is -2.04. The lowest BCUT2D eigenvalue weighted by Crippen LogP contribution is -2.33. The molecule has 0 spiro atoms. The first-order valence-electron chi connectivity index (χ1n) is 7.45. The average Bonchev–Trinajstić information content (AvgIpc) is 3.10. The maximum absolute atomic E-state index is 12.6. The summed E-state index contributed by atoms with van der Waals surface area (Å²) >= 11 is 0. The van der Waals surface area contributed by atoms with Crippen LogP contribution in [0.3, 0.4) is 0 Å². The van der Waals surface area contributed by atoms with Crippen LogP contribution in [0, 0.1) is 5.92 Å². The third-order valence-corrected chi connectivity index (χ3v) is 6.09. The molecule has 9 nitrogen and oxygen atoms in total. The van der Waals surface area contributed by atoms with Crippen molar-refractivity contribution < 1.29 is 18.3 Å². The number of carbonyl (C=O) groups excluding carboxylic acids is 1. The van der Waals surface area contributed by atoms with E-state index in [0.717, 1.165) is 4.31 Å². The van der Waals surface area contributed by atoms with Crippen molar-refractivity contribution in [3.05, 3.63) is 30.4 Å². The van der Waals surface area contributed by atoms with Crippen LogP contribution in [0.5, 0.6) is 0 Å². The number of nitrogens with zero attached hydrogens (tertiary/aromatic N) is 5. The van der Waals surface area contributed by atoms with E-state index in [4.69, 9.17) is 0 Å². The number of carbonyl (C=O) groups is 1. The van der Waals surface area contributed by atoms with Gasteiger partial charge in [-0.1, -0.05) is 0 Å². The molecular formula is C14H19N5O4S. The van der Waals surface area contributed by atoms with Crippen LogP contribution in [0.2, 0.25) is 0 Å². The Labute approximate surface area is 139 Å². The van der Waals surface area contributed by atoms with Crippen molar-refractivity contribution >= 4 is 21.7 Å². The summed E-state index contributed by atoms with van der Waals surface area (Å²) in [6.07, 6.45) is 4.01. The Morgan fingerprint density at radius 2 is 2.17 bits per heavy atom. The highest BCUT2D eigenvalue weighted by molar-refractivity contribution is 7.89. The fourth-order valence-corrected chi connectivity index (χ4v) is 3.87. The molecule has 2 aromatic rings. The van der Waals surface area contributed by atoms with E-state index in [0.29, 0.717) is 5.78 Å². The number of aliphatic hydroxyl groups excluding tert-OH is 1. The molecule has 3 rings (SSSR count). The molecule has 3 heterocycles. The Morgan fingerprint density at radius 1 is 1.42 bits per heavy atom. The zero-order chi connectivity index (χ0) is 17.5. The number of imidazole rings is 1. The number of aliphatic hydroxyl groups is 1. The van der Waals surface area contributed by atoms with Crippen molar-refractivity contribution in [1.29, 1.82) is 0 Å². The third-order valence-electron chi connectivity index (χ3n) is 4.13. The Bertz CT molecular complexity index is 830. The monoisotopic (exact) mass is 353 g/mol. The smallest absolute Gasteiger partial charge is 0.274 e. The molecule has 24 heavy (non-hydrogen) atoms. The number of fused-ring (bicyclic) bond motifs is 1. The van der Waals surface area contributed by atoms with Gasteiger partial charge >= 0.3 is 0 Å². The molecule has 1 saturated heterocycles. The zero-order valence-electron chi connectivity index (χ0n) is 13.4. The van der Waals surface area contributed by atoms with Gasteiger partial charge in [-0.25, -0.2) is 22.7 Å². The number of sulfonamides is 1. The van der Waals surface area contributed by atoms with E-state index in [9.17, 15) is 18.3 Å². The van der Waals surface area contributed by atoms with E-state index in [1.165, 1.54) is 19.0 Å². The fourth-order valence-electron chi connectivity index (χ4n) is 2.70. The molecular weight excluding hydrogens is 334 g/mol. The SMILES string of the molecule is CN(C)S(=O)(=O)C[C@@H]1CN(C(=O)c2cn3cccnc3n2)C[C@H]1O. The third kappa shape index (κ3) is 3.12. The zero-order valence-corrected chi connectivity index (χ0v) is 14.2. The molecule has 2 aromatic heterocycles. The van der Waals surface area contributed by atoms with Crippen molar-refractivity contribution in [3.63, 3.8) is 0 Å². The van der Waals surface area contributed by atoms with Crippen LogP contribution < -0.4 is 0 Å². The average molecular weight is 353 g/mol. The number of aromatic nitrogens is 3. The molecule has 10 heteroatoms. The molecule has 0 unspecified atom stereocenters.